The van der Waals surface area contributed by atoms with Crippen molar-refractivity contribution in [2.45, 2.75) is 64.0 Å². The highest BCUT2D eigenvalue weighted by molar-refractivity contribution is 5.81. The SMILES string of the molecule is CC(NCC1CCCOC1)C(=O)NC1CCCCC1. The van der Waals surface area contributed by atoms with Crippen molar-refractivity contribution in [2.24, 2.45) is 5.92 Å². The molecule has 1 saturated carbocycles. The lowest BCUT2D eigenvalue weighted by atomic mass is 9.95. The summed E-state index contributed by atoms with van der Waals surface area (Å²) in [7, 11) is 0. The Bertz CT molecular complexity index is 271. The summed E-state index contributed by atoms with van der Waals surface area (Å²) in [6.45, 7) is 4.58. The Morgan fingerprint density at radius 2 is 2.00 bits per heavy atom. The second-order valence-corrected chi connectivity index (χ2v) is 6.06. The smallest absolute Gasteiger partial charge is 0.237 e. The summed E-state index contributed by atoms with van der Waals surface area (Å²) >= 11 is 0. The molecular weight excluding hydrogens is 240 g/mol. The third-order valence-corrected chi connectivity index (χ3v) is 4.31. The molecule has 2 atom stereocenters. The van der Waals surface area contributed by atoms with Crippen molar-refractivity contribution in [3.63, 3.8) is 0 Å². The lowest BCUT2D eigenvalue weighted by molar-refractivity contribution is -0.123. The van der Waals surface area contributed by atoms with Gasteiger partial charge in [-0.3, -0.25) is 4.79 Å². The predicted molar refractivity (Wildman–Crippen MR) is 76.0 cm³/mol. The number of nitrogens with one attached hydrogen (secondary N) is 2. The minimum absolute atomic E-state index is 0.0937. The van der Waals surface area contributed by atoms with Gasteiger partial charge in [0.1, 0.15) is 0 Å². The Labute approximate surface area is 116 Å². The van der Waals surface area contributed by atoms with E-state index in [1.165, 1.54) is 25.7 Å². The molecule has 0 aromatic carbocycles. The highest BCUT2D eigenvalue weighted by Gasteiger charge is 2.21. The monoisotopic (exact) mass is 268 g/mol. The molecule has 2 fully saturated rings. The van der Waals surface area contributed by atoms with E-state index >= 15 is 0 Å². The summed E-state index contributed by atoms with van der Waals surface area (Å²) < 4.78 is 5.46. The first-order valence-electron chi connectivity index (χ1n) is 7.87. The van der Waals surface area contributed by atoms with Crippen molar-refractivity contribution in [3.05, 3.63) is 0 Å². The van der Waals surface area contributed by atoms with Crippen LogP contribution < -0.4 is 10.6 Å². The van der Waals surface area contributed by atoms with Gasteiger partial charge in [0.05, 0.1) is 12.6 Å². The first-order chi connectivity index (χ1) is 9.25. The Morgan fingerprint density at radius 1 is 1.21 bits per heavy atom. The van der Waals surface area contributed by atoms with E-state index in [9.17, 15) is 4.79 Å². The molecule has 2 unspecified atom stereocenters. The largest absolute Gasteiger partial charge is 0.381 e. The molecule has 0 aromatic rings. The number of ether oxygens (including phenoxy) is 1. The number of amides is 1. The number of rotatable bonds is 5. The minimum atomic E-state index is -0.0937. The van der Waals surface area contributed by atoms with Gasteiger partial charge in [-0.2, -0.15) is 0 Å². The van der Waals surface area contributed by atoms with Crippen LogP contribution >= 0.6 is 0 Å². The molecule has 2 aliphatic rings. The Morgan fingerprint density at radius 3 is 2.68 bits per heavy atom. The van der Waals surface area contributed by atoms with E-state index in [4.69, 9.17) is 4.74 Å². The topological polar surface area (TPSA) is 50.4 Å². The Kier molecular flexibility index (Phi) is 6.11. The van der Waals surface area contributed by atoms with E-state index in [2.05, 4.69) is 10.6 Å². The highest BCUT2D eigenvalue weighted by Crippen LogP contribution is 2.17. The Hall–Kier alpha value is -0.610. The number of hydrogen-bond acceptors (Lipinski definition) is 3. The fourth-order valence-electron chi connectivity index (χ4n) is 2.98. The average Bonchev–Trinajstić information content (AvgIpc) is 2.47. The van der Waals surface area contributed by atoms with Crippen molar-refractivity contribution in [1.82, 2.24) is 10.6 Å². The van der Waals surface area contributed by atoms with E-state index in [-0.39, 0.29) is 11.9 Å². The molecule has 4 heteroatoms. The molecule has 0 bridgehead atoms. The summed E-state index contributed by atoms with van der Waals surface area (Å²) in [6.07, 6.45) is 8.49. The number of carbonyl (C=O) groups is 1. The first-order valence-corrected chi connectivity index (χ1v) is 7.87. The van der Waals surface area contributed by atoms with Crippen molar-refractivity contribution in [1.29, 1.82) is 0 Å². The van der Waals surface area contributed by atoms with Gasteiger partial charge in [0.2, 0.25) is 5.91 Å². The summed E-state index contributed by atoms with van der Waals surface area (Å²) in [6, 6.07) is 0.312. The zero-order chi connectivity index (χ0) is 13.5. The van der Waals surface area contributed by atoms with E-state index in [0.29, 0.717) is 12.0 Å². The maximum absolute atomic E-state index is 12.1. The molecule has 1 aliphatic carbocycles. The number of carbonyl (C=O) groups excluding carboxylic acids is 1. The lowest BCUT2D eigenvalue weighted by Crippen LogP contribution is -2.48. The normalized spacial score (nSPS) is 26.9. The van der Waals surface area contributed by atoms with Crippen LogP contribution in [0.25, 0.3) is 0 Å². The molecule has 19 heavy (non-hydrogen) atoms. The van der Waals surface area contributed by atoms with Crippen LogP contribution in [-0.2, 0) is 9.53 Å². The molecule has 4 nitrogen and oxygen atoms in total. The van der Waals surface area contributed by atoms with Gasteiger partial charge in [-0.05, 0) is 38.5 Å². The average molecular weight is 268 g/mol. The minimum Gasteiger partial charge on any atom is -0.381 e. The summed E-state index contributed by atoms with van der Waals surface area (Å²) in [5.41, 5.74) is 0. The van der Waals surface area contributed by atoms with Gasteiger partial charge in [0.15, 0.2) is 0 Å². The standard InChI is InChI=1S/C15H28N2O2/c1-12(16-10-13-6-5-9-19-11-13)15(18)17-14-7-3-2-4-8-14/h12-14,16H,2-11H2,1H3,(H,17,18). The molecule has 0 radical (unpaired) electrons. The molecule has 0 aromatic heterocycles. The maximum atomic E-state index is 12.1. The maximum Gasteiger partial charge on any atom is 0.237 e. The van der Waals surface area contributed by atoms with Crippen LogP contribution in [0.3, 0.4) is 0 Å². The fraction of sp³-hybridized carbons (Fsp3) is 0.933. The van der Waals surface area contributed by atoms with Crippen molar-refractivity contribution >= 4 is 5.91 Å². The zero-order valence-corrected chi connectivity index (χ0v) is 12.1. The molecular formula is C15H28N2O2. The fourth-order valence-corrected chi connectivity index (χ4v) is 2.98. The van der Waals surface area contributed by atoms with Gasteiger partial charge in [-0.15, -0.1) is 0 Å². The Balaban J connectivity index is 1.63. The number of hydrogen-bond donors (Lipinski definition) is 2. The van der Waals surface area contributed by atoms with Crippen LogP contribution in [0.2, 0.25) is 0 Å². The molecule has 0 spiro atoms. The molecule has 1 heterocycles. The van der Waals surface area contributed by atoms with Crippen molar-refractivity contribution in [3.8, 4) is 0 Å². The van der Waals surface area contributed by atoms with E-state index in [1.54, 1.807) is 0 Å². The lowest BCUT2D eigenvalue weighted by Gasteiger charge is -2.26. The molecule has 1 saturated heterocycles. The van der Waals surface area contributed by atoms with Crippen molar-refractivity contribution in [2.75, 3.05) is 19.8 Å². The second kappa shape index (κ2) is 7.85. The quantitative estimate of drug-likeness (QED) is 0.800. The van der Waals surface area contributed by atoms with Gasteiger partial charge < -0.3 is 15.4 Å². The summed E-state index contributed by atoms with van der Waals surface area (Å²) in [5.74, 6) is 0.724. The molecule has 2 rings (SSSR count). The van der Waals surface area contributed by atoms with Crippen molar-refractivity contribution < 1.29 is 9.53 Å². The van der Waals surface area contributed by atoms with E-state index in [0.717, 1.165) is 39.0 Å². The first kappa shape index (κ1) is 14.8. The van der Waals surface area contributed by atoms with Crippen LogP contribution in [0.1, 0.15) is 51.9 Å². The molecule has 1 amide bonds. The van der Waals surface area contributed by atoms with Crippen LogP contribution in [-0.4, -0.2) is 37.7 Å². The van der Waals surface area contributed by atoms with Crippen LogP contribution in [0.15, 0.2) is 0 Å². The van der Waals surface area contributed by atoms with Gasteiger partial charge in [0.25, 0.3) is 0 Å². The summed E-state index contributed by atoms with van der Waals surface area (Å²) in [4.78, 5) is 12.1. The molecule has 110 valence electrons. The van der Waals surface area contributed by atoms with Gasteiger partial charge in [-0.1, -0.05) is 19.3 Å². The zero-order valence-electron chi connectivity index (χ0n) is 12.1. The third-order valence-electron chi connectivity index (χ3n) is 4.31. The van der Waals surface area contributed by atoms with Gasteiger partial charge in [0, 0.05) is 19.2 Å². The van der Waals surface area contributed by atoms with Gasteiger partial charge >= 0.3 is 0 Å². The highest BCUT2D eigenvalue weighted by atomic mass is 16.5. The van der Waals surface area contributed by atoms with Crippen LogP contribution in [0, 0.1) is 5.92 Å². The third kappa shape index (κ3) is 5.11. The van der Waals surface area contributed by atoms with Crippen LogP contribution in [0.4, 0.5) is 0 Å². The summed E-state index contributed by atoms with van der Waals surface area (Å²) in [5, 5.41) is 6.52. The van der Waals surface area contributed by atoms with E-state index in [1.807, 2.05) is 6.92 Å². The van der Waals surface area contributed by atoms with E-state index < -0.39 is 0 Å². The molecule has 1 aliphatic heterocycles. The van der Waals surface area contributed by atoms with Gasteiger partial charge in [-0.25, -0.2) is 0 Å². The predicted octanol–water partition coefficient (Wildman–Crippen LogP) is 1.84. The van der Waals surface area contributed by atoms with Crippen LogP contribution in [0.5, 0.6) is 0 Å². The second-order valence-electron chi connectivity index (χ2n) is 6.06. The molecule has 2 N–H and O–H groups in total.